The second-order valence-corrected chi connectivity index (χ2v) is 6.71. The highest BCUT2D eigenvalue weighted by Crippen LogP contribution is 2.17. The first-order valence-electron chi connectivity index (χ1n) is 9.42. The number of carbonyl (C=O) groups is 2. The Labute approximate surface area is 160 Å². The number of hydrogen-bond donors (Lipinski definition) is 0. The number of hydrogen-bond acceptors (Lipinski definition) is 4. The van der Waals surface area contributed by atoms with Crippen LogP contribution in [0.25, 0.3) is 0 Å². The van der Waals surface area contributed by atoms with Gasteiger partial charge in [0.15, 0.2) is 5.78 Å². The molecule has 0 atom stereocenters. The van der Waals surface area contributed by atoms with Gasteiger partial charge in [0.2, 0.25) is 5.91 Å². The minimum absolute atomic E-state index is 0.0688. The standard InChI is InChI=1S/C22H26N2O3/c1-27-20-12-10-18(11-13-20)21(25)8-5-9-22(26)24-16-14-23(15-17-24)19-6-3-2-4-7-19/h2-4,6-7,10-13H,5,8-9,14-17H2,1H3. The van der Waals surface area contributed by atoms with Gasteiger partial charge in [-0.05, 0) is 42.8 Å². The van der Waals surface area contributed by atoms with Crippen molar-refractivity contribution < 1.29 is 14.3 Å². The number of anilines is 1. The fraction of sp³-hybridized carbons (Fsp3) is 0.364. The van der Waals surface area contributed by atoms with Crippen molar-refractivity contribution in [2.45, 2.75) is 19.3 Å². The number of carbonyl (C=O) groups excluding carboxylic acids is 2. The van der Waals surface area contributed by atoms with Gasteiger partial charge in [-0.15, -0.1) is 0 Å². The van der Waals surface area contributed by atoms with Crippen LogP contribution < -0.4 is 9.64 Å². The van der Waals surface area contributed by atoms with Crippen LogP contribution in [-0.2, 0) is 4.79 Å². The Hall–Kier alpha value is -2.82. The van der Waals surface area contributed by atoms with Gasteiger partial charge in [-0.1, -0.05) is 18.2 Å². The topological polar surface area (TPSA) is 49.9 Å². The van der Waals surface area contributed by atoms with Crippen molar-refractivity contribution in [2.24, 2.45) is 0 Å². The monoisotopic (exact) mass is 366 g/mol. The summed E-state index contributed by atoms with van der Waals surface area (Å²) in [5.41, 5.74) is 1.87. The summed E-state index contributed by atoms with van der Waals surface area (Å²) in [7, 11) is 1.60. The lowest BCUT2D eigenvalue weighted by Gasteiger charge is -2.36. The molecule has 2 aromatic rings. The molecule has 0 spiro atoms. The summed E-state index contributed by atoms with van der Waals surface area (Å²) in [6.07, 6.45) is 1.40. The van der Waals surface area contributed by atoms with E-state index in [0.717, 1.165) is 31.9 Å². The minimum atomic E-state index is 0.0688. The molecule has 1 fully saturated rings. The molecular formula is C22H26N2O3. The molecule has 0 aliphatic carbocycles. The third-order valence-electron chi connectivity index (χ3n) is 4.96. The lowest BCUT2D eigenvalue weighted by Crippen LogP contribution is -2.48. The van der Waals surface area contributed by atoms with Crippen LogP contribution in [0.15, 0.2) is 54.6 Å². The first-order chi connectivity index (χ1) is 13.2. The van der Waals surface area contributed by atoms with Gasteiger partial charge in [0.05, 0.1) is 7.11 Å². The van der Waals surface area contributed by atoms with Crippen molar-refractivity contribution in [2.75, 3.05) is 38.2 Å². The van der Waals surface area contributed by atoms with Crippen molar-refractivity contribution in [3.8, 4) is 5.75 Å². The molecule has 1 heterocycles. The van der Waals surface area contributed by atoms with E-state index >= 15 is 0 Å². The number of ketones is 1. The summed E-state index contributed by atoms with van der Waals surface area (Å²) >= 11 is 0. The van der Waals surface area contributed by atoms with E-state index in [1.165, 1.54) is 5.69 Å². The van der Waals surface area contributed by atoms with Crippen LogP contribution in [-0.4, -0.2) is 49.9 Å². The Kier molecular flexibility index (Phi) is 6.47. The molecule has 1 saturated heterocycles. The number of para-hydroxylation sites is 1. The summed E-state index contributed by atoms with van der Waals surface area (Å²) in [4.78, 5) is 28.9. The molecule has 0 unspecified atom stereocenters. The second kappa shape index (κ2) is 9.21. The molecule has 0 bridgehead atoms. The van der Waals surface area contributed by atoms with E-state index in [4.69, 9.17) is 4.74 Å². The smallest absolute Gasteiger partial charge is 0.222 e. The van der Waals surface area contributed by atoms with Crippen LogP contribution in [0, 0.1) is 0 Å². The maximum absolute atomic E-state index is 12.4. The van der Waals surface area contributed by atoms with Gasteiger partial charge in [0, 0.05) is 50.3 Å². The van der Waals surface area contributed by atoms with Crippen LogP contribution in [0.5, 0.6) is 5.75 Å². The lowest BCUT2D eigenvalue weighted by molar-refractivity contribution is -0.131. The molecule has 2 aromatic carbocycles. The third-order valence-corrected chi connectivity index (χ3v) is 4.96. The molecule has 1 aliphatic heterocycles. The summed E-state index contributed by atoms with van der Waals surface area (Å²) in [6.45, 7) is 3.17. The van der Waals surface area contributed by atoms with E-state index in [2.05, 4.69) is 17.0 Å². The first kappa shape index (κ1) is 19.0. The lowest BCUT2D eigenvalue weighted by atomic mass is 10.0. The SMILES string of the molecule is COc1ccc(C(=O)CCCC(=O)N2CCN(c3ccccc3)CC2)cc1. The molecule has 0 saturated carbocycles. The zero-order valence-corrected chi connectivity index (χ0v) is 15.8. The van der Waals surface area contributed by atoms with Gasteiger partial charge in [-0.3, -0.25) is 9.59 Å². The summed E-state index contributed by atoms with van der Waals surface area (Å²) in [5, 5.41) is 0. The highest BCUT2D eigenvalue weighted by Gasteiger charge is 2.21. The Morgan fingerprint density at radius 1 is 0.889 bits per heavy atom. The van der Waals surface area contributed by atoms with Crippen LogP contribution in [0.3, 0.4) is 0 Å². The van der Waals surface area contributed by atoms with E-state index in [9.17, 15) is 9.59 Å². The van der Waals surface area contributed by atoms with Gasteiger partial charge in [0.1, 0.15) is 5.75 Å². The average Bonchev–Trinajstić information content (AvgIpc) is 2.74. The number of rotatable bonds is 7. The second-order valence-electron chi connectivity index (χ2n) is 6.71. The van der Waals surface area contributed by atoms with Gasteiger partial charge in [-0.2, -0.15) is 0 Å². The fourth-order valence-electron chi connectivity index (χ4n) is 3.33. The number of methoxy groups -OCH3 is 1. The first-order valence-corrected chi connectivity index (χ1v) is 9.42. The van der Waals surface area contributed by atoms with E-state index in [-0.39, 0.29) is 11.7 Å². The van der Waals surface area contributed by atoms with Gasteiger partial charge < -0.3 is 14.5 Å². The average molecular weight is 366 g/mol. The number of amides is 1. The summed E-state index contributed by atoms with van der Waals surface area (Å²) < 4.78 is 5.10. The molecule has 0 N–H and O–H groups in total. The number of benzene rings is 2. The quantitative estimate of drug-likeness (QED) is 0.705. The van der Waals surface area contributed by atoms with E-state index in [1.807, 2.05) is 23.1 Å². The summed E-state index contributed by atoms with van der Waals surface area (Å²) in [6, 6.07) is 17.4. The van der Waals surface area contributed by atoms with Crippen molar-refractivity contribution in [3.63, 3.8) is 0 Å². The Bertz CT molecular complexity index is 751. The predicted octanol–water partition coefficient (Wildman–Crippen LogP) is 3.40. The fourth-order valence-corrected chi connectivity index (χ4v) is 3.33. The van der Waals surface area contributed by atoms with Crippen molar-refractivity contribution >= 4 is 17.4 Å². The number of ether oxygens (including phenoxy) is 1. The normalized spacial score (nSPS) is 14.1. The molecule has 5 nitrogen and oxygen atoms in total. The van der Waals surface area contributed by atoms with E-state index in [1.54, 1.807) is 31.4 Å². The molecule has 142 valence electrons. The van der Waals surface area contributed by atoms with Crippen LogP contribution in [0.1, 0.15) is 29.6 Å². The molecule has 1 amide bonds. The Morgan fingerprint density at radius 3 is 2.19 bits per heavy atom. The molecule has 5 heteroatoms. The maximum Gasteiger partial charge on any atom is 0.222 e. The molecule has 0 radical (unpaired) electrons. The van der Waals surface area contributed by atoms with Gasteiger partial charge in [0.25, 0.3) is 0 Å². The molecule has 0 aromatic heterocycles. The molecular weight excluding hydrogens is 340 g/mol. The van der Waals surface area contributed by atoms with E-state index in [0.29, 0.717) is 24.8 Å². The maximum atomic E-state index is 12.4. The predicted molar refractivity (Wildman–Crippen MR) is 106 cm³/mol. The molecule has 3 rings (SSSR count). The highest BCUT2D eigenvalue weighted by atomic mass is 16.5. The van der Waals surface area contributed by atoms with Crippen molar-refractivity contribution in [1.82, 2.24) is 4.90 Å². The number of nitrogens with zero attached hydrogens (tertiary/aromatic N) is 2. The number of piperazine rings is 1. The third kappa shape index (κ3) is 5.09. The summed E-state index contributed by atoms with van der Waals surface area (Å²) in [5.74, 6) is 0.945. The van der Waals surface area contributed by atoms with Crippen LogP contribution in [0.2, 0.25) is 0 Å². The van der Waals surface area contributed by atoms with Crippen molar-refractivity contribution in [3.05, 3.63) is 60.2 Å². The zero-order valence-electron chi connectivity index (χ0n) is 15.8. The van der Waals surface area contributed by atoms with Gasteiger partial charge in [-0.25, -0.2) is 0 Å². The molecule has 1 aliphatic rings. The van der Waals surface area contributed by atoms with E-state index < -0.39 is 0 Å². The number of Topliss-reactive ketones (excluding diaryl/α,β-unsaturated/α-hetero) is 1. The largest absolute Gasteiger partial charge is 0.497 e. The Balaban J connectivity index is 1.40. The zero-order chi connectivity index (χ0) is 19.1. The van der Waals surface area contributed by atoms with Crippen LogP contribution in [0.4, 0.5) is 5.69 Å². The van der Waals surface area contributed by atoms with Gasteiger partial charge >= 0.3 is 0 Å². The minimum Gasteiger partial charge on any atom is -0.497 e. The highest BCUT2D eigenvalue weighted by molar-refractivity contribution is 5.96. The Morgan fingerprint density at radius 2 is 1.56 bits per heavy atom. The van der Waals surface area contributed by atoms with Crippen LogP contribution >= 0.6 is 0 Å². The molecule has 27 heavy (non-hydrogen) atoms. The van der Waals surface area contributed by atoms with Crippen molar-refractivity contribution in [1.29, 1.82) is 0 Å².